The van der Waals surface area contributed by atoms with Crippen LogP contribution >= 0.6 is 0 Å². The lowest BCUT2D eigenvalue weighted by molar-refractivity contribution is 0.567. The van der Waals surface area contributed by atoms with Crippen LogP contribution in [0.1, 0.15) is 5.56 Å². The molecule has 1 aromatic carbocycles. The Balaban J connectivity index is 2.28. The second-order valence-corrected chi connectivity index (χ2v) is 5.05. The largest absolute Gasteiger partial charge is 0.472 e. The highest BCUT2D eigenvalue weighted by Gasteiger charge is 2.08. The minimum absolute atomic E-state index is 0.287. The van der Waals surface area contributed by atoms with Gasteiger partial charge in [0.05, 0.1) is 17.4 Å². The van der Waals surface area contributed by atoms with Gasteiger partial charge in [-0.1, -0.05) is 18.2 Å². The molecular weight excluding hydrogens is 224 g/mol. The molecular formula is C12H10O3S. The van der Waals surface area contributed by atoms with Crippen LogP contribution in [0.5, 0.6) is 0 Å². The first kappa shape index (κ1) is 10.7. The summed E-state index contributed by atoms with van der Waals surface area (Å²) in [6.07, 6.45) is 4.48. The van der Waals surface area contributed by atoms with Gasteiger partial charge in [-0.25, -0.2) is 8.42 Å². The SMILES string of the molecule is O=S(=O)(/C=C/c1ccoc1)c1ccccc1. The molecule has 0 N–H and O–H groups in total. The van der Waals surface area contributed by atoms with Gasteiger partial charge in [-0.15, -0.1) is 0 Å². The van der Waals surface area contributed by atoms with Crippen molar-refractivity contribution < 1.29 is 12.8 Å². The Bertz CT molecular complexity index is 566. The fraction of sp³-hybridized carbons (Fsp3) is 0. The van der Waals surface area contributed by atoms with Gasteiger partial charge in [0, 0.05) is 11.0 Å². The Morgan fingerprint density at radius 3 is 2.44 bits per heavy atom. The molecule has 0 radical (unpaired) electrons. The molecule has 0 spiro atoms. The molecule has 1 aromatic heterocycles. The summed E-state index contributed by atoms with van der Waals surface area (Å²) in [6.45, 7) is 0. The third kappa shape index (κ3) is 2.41. The van der Waals surface area contributed by atoms with Gasteiger partial charge < -0.3 is 4.42 Å². The van der Waals surface area contributed by atoms with E-state index < -0.39 is 9.84 Å². The Morgan fingerprint density at radius 1 is 1.06 bits per heavy atom. The van der Waals surface area contributed by atoms with Crippen molar-refractivity contribution >= 4 is 15.9 Å². The predicted octanol–water partition coefficient (Wildman–Crippen LogP) is 2.72. The van der Waals surface area contributed by atoms with E-state index in [0.29, 0.717) is 0 Å². The summed E-state index contributed by atoms with van der Waals surface area (Å²) in [5, 5.41) is 1.17. The lowest BCUT2D eigenvalue weighted by Gasteiger charge is -1.96. The zero-order valence-corrected chi connectivity index (χ0v) is 9.22. The third-order valence-corrected chi connectivity index (χ3v) is 3.48. The molecule has 16 heavy (non-hydrogen) atoms. The number of hydrogen-bond acceptors (Lipinski definition) is 3. The van der Waals surface area contributed by atoms with Gasteiger partial charge in [-0.2, -0.15) is 0 Å². The number of rotatable bonds is 3. The maximum Gasteiger partial charge on any atom is 0.199 e. The van der Waals surface area contributed by atoms with Crippen molar-refractivity contribution in [2.24, 2.45) is 0 Å². The normalized spacial score (nSPS) is 12.0. The molecule has 1 heterocycles. The molecule has 0 unspecified atom stereocenters. The van der Waals surface area contributed by atoms with Crippen LogP contribution in [0.15, 0.2) is 63.6 Å². The van der Waals surface area contributed by atoms with Crippen LogP contribution in [0.2, 0.25) is 0 Å². The molecule has 0 aliphatic carbocycles. The fourth-order valence-corrected chi connectivity index (χ4v) is 2.26. The van der Waals surface area contributed by atoms with Crippen LogP contribution in [0.3, 0.4) is 0 Å². The van der Waals surface area contributed by atoms with Gasteiger partial charge in [0.2, 0.25) is 0 Å². The van der Waals surface area contributed by atoms with Crippen molar-refractivity contribution in [1.29, 1.82) is 0 Å². The van der Waals surface area contributed by atoms with Crippen molar-refractivity contribution in [2.75, 3.05) is 0 Å². The zero-order valence-electron chi connectivity index (χ0n) is 8.41. The number of benzene rings is 1. The zero-order chi connectivity index (χ0) is 11.4. The van der Waals surface area contributed by atoms with Gasteiger partial charge in [-0.05, 0) is 24.3 Å². The molecule has 2 rings (SSSR count). The molecule has 0 amide bonds. The van der Waals surface area contributed by atoms with Gasteiger partial charge in [0.1, 0.15) is 0 Å². The molecule has 2 aromatic rings. The standard InChI is InChI=1S/C12H10O3S/c13-16(14,12-4-2-1-3-5-12)9-7-11-6-8-15-10-11/h1-10H/b9-7+. The first-order chi connectivity index (χ1) is 7.68. The lowest BCUT2D eigenvalue weighted by Crippen LogP contribution is -1.94. The topological polar surface area (TPSA) is 47.3 Å². The van der Waals surface area contributed by atoms with E-state index in [4.69, 9.17) is 4.42 Å². The van der Waals surface area contributed by atoms with E-state index in [1.54, 1.807) is 36.4 Å². The maximum absolute atomic E-state index is 11.8. The average molecular weight is 234 g/mol. The molecule has 0 saturated carbocycles. The Hall–Kier alpha value is -1.81. The second kappa shape index (κ2) is 4.37. The summed E-state index contributed by atoms with van der Waals surface area (Å²) < 4.78 is 28.5. The number of furan rings is 1. The van der Waals surface area contributed by atoms with E-state index in [1.165, 1.54) is 24.0 Å². The van der Waals surface area contributed by atoms with Crippen LogP contribution in [-0.2, 0) is 9.84 Å². The monoisotopic (exact) mass is 234 g/mol. The van der Waals surface area contributed by atoms with Crippen LogP contribution in [-0.4, -0.2) is 8.42 Å². The van der Waals surface area contributed by atoms with Crippen molar-refractivity contribution in [3.8, 4) is 0 Å². The average Bonchev–Trinajstić information content (AvgIpc) is 2.81. The fourth-order valence-electron chi connectivity index (χ4n) is 1.23. The van der Waals surface area contributed by atoms with Crippen molar-refractivity contribution in [3.63, 3.8) is 0 Å². The molecule has 0 aliphatic rings. The van der Waals surface area contributed by atoms with Crippen LogP contribution in [0, 0.1) is 0 Å². The van der Waals surface area contributed by atoms with Gasteiger partial charge in [-0.3, -0.25) is 0 Å². The Morgan fingerprint density at radius 2 is 1.81 bits per heavy atom. The van der Waals surface area contributed by atoms with Crippen LogP contribution < -0.4 is 0 Å². The quantitative estimate of drug-likeness (QED) is 0.820. The highest BCUT2D eigenvalue weighted by atomic mass is 32.2. The lowest BCUT2D eigenvalue weighted by atomic mass is 10.3. The molecule has 0 saturated heterocycles. The van der Waals surface area contributed by atoms with E-state index in [2.05, 4.69) is 0 Å². The predicted molar refractivity (Wildman–Crippen MR) is 61.4 cm³/mol. The highest BCUT2D eigenvalue weighted by molar-refractivity contribution is 7.94. The smallest absolute Gasteiger partial charge is 0.199 e. The van der Waals surface area contributed by atoms with Crippen molar-refractivity contribution in [3.05, 3.63) is 59.9 Å². The molecule has 0 aliphatic heterocycles. The summed E-state index contributed by atoms with van der Waals surface area (Å²) in [6, 6.07) is 9.98. The summed E-state index contributed by atoms with van der Waals surface area (Å²) in [5.74, 6) is 0. The van der Waals surface area contributed by atoms with Crippen LogP contribution in [0.4, 0.5) is 0 Å². The summed E-state index contributed by atoms with van der Waals surface area (Å²) in [4.78, 5) is 0.287. The molecule has 3 nitrogen and oxygen atoms in total. The molecule has 0 atom stereocenters. The molecule has 4 heteroatoms. The first-order valence-electron chi connectivity index (χ1n) is 4.69. The number of sulfone groups is 1. The Kier molecular flexibility index (Phi) is 2.92. The maximum atomic E-state index is 11.8. The minimum atomic E-state index is -3.36. The summed E-state index contributed by atoms with van der Waals surface area (Å²) in [5.41, 5.74) is 0.722. The van der Waals surface area contributed by atoms with Crippen molar-refractivity contribution in [2.45, 2.75) is 4.90 Å². The van der Waals surface area contributed by atoms with Gasteiger partial charge >= 0.3 is 0 Å². The summed E-state index contributed by atoms with van der Waals surface area (Å²) in [7, 11) is -3.36. The minimum Gasteiger partial charge on any atom is -0.472 e. The van der Waals surface area contributed by atoms with Crippen LogP contribution in [0.25, 0.3) is 6.08 Å². The second-order valence-electron chi connectivity index (χ2n) is 3.22. The number of hydrogen-bond donors (Lipinski definition) is 0. The summed E-state index contributed by atoms with van der Waals surface area (Å²) >= 11 is 0. The van der Waals surface area contributed by atoms with Gasteiger partial charge in [0.15, 0.2) is 9.84 Å². The molecule has 82 valence electrons. The van der Waals surface area contributed by atoms with Crippen molar-refractivity contribution in [1.82, 2.24) is 0 Å². The molecule has 0 bridgehead atoms. The molecule has 0 fully saturated rings. The van der Waals surface area contributed by atoms with E-state index in [9.17, 15) is 8.42 Å². The Labute approximate surface area is 93.9 Å². The highest BCUT2D eigenvalue weighted by Crippen LogP contribution is 2.13. The van der Waals surface area contributed by atoms with E-state index in [0.717, 1.165) is 5.56 Å². The van der Waals surface area contributed by atoms with E-state index >= 15 is 0 Å². The third-order valence-electron chi connectivity index (χ3n) is 2.05. The van der Waals surface area contributed by atoms with Gasteiger partial charge in [0.25, 0.3) is 0 Å². The van der Waals surface area contributed by atoms with E-state index in [1.807, 2.05) is 0 Å². The van der Waals surface area contributed by atoms with E-state index in [-0.39, 0.29) is 4.90 Å². The first-order valence-corrected chi connectivity index (χ1v) is 6.23.